The summed E-state index contributed by atoms with van der Waals surface area (Å²) in [5.41, 5.74) is 2.43. The fraction of sp³-hybridized carbons (Fsp3) is 0.714. The summed E-state index contributed by atoms with van der Waals surface area (Å²) in [5, 5.41) is 16.1. The van der Waals surface area contributed by atoms with Gasteiger partial charge in [0.05, 0.1) is 17.9 Å². The zero-order chi connectivity index (χ0) is 14.7. The van der Waals surface area contributed by atoms with Crippen LogP contribution in [0.3, 0.4) is 0 Å². The molecule has 0 aromatic carbocycles. The summed E-state index contributed by atoms with van der Waals surface area (Å²) in [6.45, 7) is 9.91. The average molecular weight is 280 g/mol. The molecule has 1 fully saturated rings. The van der Waals surface area contributed by atoms with Crippen molar-refractivity contribution in [2.75, 3.05) is 39.3 Å². The Balaban J connectivity index is 2.07. The Morgan fingerprint density at radius 3 is 2.55 bits per heavy atom. The number of hydrogen-bond acceptors (Lipinski definition) is 4. The monoisotopic (exact) mass is 280 g/mol. The minimum atomic E-state index is 0.0728. The van der Waals surface area contributed by atoms with E-state index in [4.69, 9.17) is 5.11 Å². The van der Waals surface area contributed by atoms with E-state index in [9.17, 15) is 4.79 Å². The Morgan fingerprint density at radius 1 is 1.35 bits per heavy atom. The van der Waals surface area contributed by atoms with Crippen molar-refractivity contribution in [2.24, 2.45) is 0 Å². The van der Waals surface area contributed by atoms with Gasteiger partial charge in [0.15, 0.2) is 0 Å². The molecule has 0 aliphatic carbocycles. The number of nitrogens with zero attached hydrogens (tertiary/aromatic N) is 3. The Kier molecular flexibility index (Phi) is 4.77. The van der Waals surface area contributed by atoms with E-state index in [0.29, 0.717) is 19.6 Å². The van der Waals surface area contributed by atoms with Crippen molar-refractivity contribution in [3.8, 4) is 0 Å². The summed E-state index contributed by atoms with van der Waals surface area (Å²) in [5.74, 6) is 0.304. The summed E-state index contributed by atoms with van der Waals surface area (Å²) in [6.07, 6.45) is 0. The number of carbonyl (C=O) groups is 1. The lowest BCUT2D eigenvalue weighted by Crippen LogP contribution is -2.49. The SMILES string of the molecule is Cc1[nH]nc(C(C)C)c1C(=O)N1CCN(CCO)CC1. The van der Waals surface area contributed by atoms with E-state index in [1.54, 1.807) is 0 Å². The first-order valence-corrected chi connectivity index (χ1v) is 7.22. The smallest absolute Gasteiger partial charge is 0.257 e. The number of amides is 1. The summed E-state index contributed by atoms with van der Waals surface area (Å²) in [6, 6.07) is 0. The second-order valence-electron chi connectivity index (χ2n) is 5.62. The molecule has 1 saturated heterocycles. The molecule has 1 aliphatic rings. The average Bonchev–Trinajstić information content (AvgIpc) is 2.81. The topological polar surface area (TPSA) is 72.5 Å². The molecule has 0 spiro atoms. The highest BCUT2D eigenvalue weighted by atomic mass is 16.3. The summed E-state index contributed by atoms with van der Waals surface area (Å²) >= 11 is 0. The molecular weight excluding hydrogens is 256 g/mol. The molecule has 0 bridgehead atoms. The third-order valence-corrected chi connectivity index (χ3v) is 3.81. The number of H-pyrrole nitrogens is 1. The maximum absolute atomic E-state index is 12.7. The van der Waals surface area contributed by atoms with E-state index < -0.39 is 0 Å². The molecule has 2 N–H and O–H groups in total. The number of piperazine rings is 1. The number of aryl methyl sites for hydroxylation is 1. The summed E-state index contributed by atoms with van der Waals surface area (Å²) < 4.78 is 0. The van der Waals surface area contributed by atoms with Gasteiger partial charge in [-0.3, -0.25) is 14.8 Å². The van der Waals surface area contributed by atoms with Crippen molar-refractivity contribution in [3.05, 3.63) is 17.0 Å². The van der Waals surface area contributed by atoms with E-state index in [0.717, 1.165) is 30.0 Å². The molecule has 0 saturated carbocycles. The number of carbonyl (C=O) groups excluding carboxylic acids is 1. The van der Waals surface area contributed by atoms with Gasteiger partial charge in [-0.2, -0.15) is 5.10 Å². The van der Waals surface area contributed by atoms with Gasteiger partial charge in [0.1, 0.15) is 0 Å². The lowest BCUT2D eigenvalue weighted by Gasteiger charge is -2.34. The predicted octanol–water partition coefficient (Wildman–Crippen LogP) is 0.592. The Bertz CT molecular complexity index is 462. The van der Waals surface area contributed by atoms with Crippen LogP contribution >= 0.6 is 0 Å². The highest BCUT2D eigenvalue weighted by Crippen LogP contribution is 2.21. The van der Waals surface area contributed by atoms with Crippen molar-refractivity contribution in [3.63, 3.8) is 0 Å². The van der Waals surface area contributed by atoms with Crippen molar-refractivity contribution in [1.29, 1.82) is 0 Å². The summed E-state index contributed by atoms with van der Waals surface area (Å²) in [4.78, 5) is 16.7. The standard InChI is InChI=1S/C14H24N4O2/c1-10(2)13-12(11(3)15-16-13)14(20)18-6-4-17(5-7-18)8-9-19/h10,19H,4-9H2,1-3H3,(H,15,16). The van der Waals surface area contributed by atoms with Crippen LogP contribution in [0.15, 0.2) is 0 Å². The van der Waals surface area contributed by atoms with Crippen molar-refractivity contribution in [1.82, 2.24) is 20.0 Å². The van der Waals surface area contributed by atoms with E-state index in [2.05, 4.69) is 15.1 Å². The Labute approximate surface area is 119 Å². The van der Waals surface area contributed by atoms with Crippen LogP contribution in [0.25, 0.3) is 0 Å². The second-order valence-corrected chi connectivity index (χ2v) is 5.62. The molecular formula is C14H24N4O2. The predicted molar refractivity (Wildman–Crippen MR) is 76.8 cm³/mol. The van der Waals surface area contributed by atoms with Gasteiger partial charge in [-0.25, -0.2) is 0 Å². The maximum Gasteiger partial charge on any atom is 0.257 e. The fourth-order valence-electron chi connectivity index (χ4n) is 2.61. The van der Waals surface area contributed by atoms with Gasteiger partial charge >= 0.3 is 0 Å². The van der Waals surface area contributed by atoms with Gasteiger partial charge in [-0.15, -0.1) is 0 Å². The number of β-amino-alcohol motifs (C(OH)–C–C–N with tert-alkyl or cyclic N) is 1. The number of aromatic amines is 1. The van der Waals surface area contributed by atoms with Gasteiger partial charge in [0.25, 0.3) is 5.91 Å². The lowest BCUT2D eigenvalue weighted by molar-refractivity contribution is 0.0613. The summed E-state index contributed by atoms with van der Waals surface area (Å²) in [7, 11) is 0. The Morgan fingerprint density at radius 2 is 2.00 bits per heavy atom. The molecule has 2 heterocycles. The zero-order valence-corrected chi connectivity index (χ0v) is 12.5. The maximum atomic E-state index is 12.7. The van der Waals surface area contributed by atoms with Crippen molar-refractivity contribution in [2.45, 2.75) is 26.7 Å². The first-order valence-electron chi connectivity index (χ1n) is 7.22. The van der Waals surface area contributed by atoms with Crippen LogP contribution in [0, 0.1) is 6.92 Å². The number of nitrogens with one attached hydrogen (secondary N) is 1. The van der Waals surface area contributed by atoms with Gasteiger partial charge in [0.2, 0.25) is 0 Å². The van der Waals surface area contributed by atoms with Gasteiger partial charge in [0, 0.05) is 38.4 Å². The molecule has 1 aromatic rings. The first kappa shape index (κ1) is 15.0. The van der Waals surface area contributed by atoms with Gasteiger partial charge in [-0.1, -0.05) is 13.8 Å². The number of aromatic nitrogens is 2. The molecule has 1 amide bonds. The number of hydrogen-bond donors (Lipinski definition) is 2. The molecule has 0 radical (unpaired) electrons. The van der Waals surface area contributed by atoms with Crippen LogP contribution < -0.4 is 0 Å². The fourth-order valence-corrected chi connectivity index (χ4v) is 2.61. The number of rotatable bonds is 4. The van der Waals surface area contributed by atoms with Gasteiger partial charge in [-0.05, 0) is 12.8 Å². The normalized spacial score (nSPS) is 16.9. The molecule has 1 aliphatic heterocycles. The van der Waals surface area contributed by atoms with E-state index in [1.165, 1.54) is 0 Å². The quantitative estimate of drug-likeness (QED) is 0.847. The molecule has 1 aromatic heterocycles. The second kappa shape index (κ2) is 6.37. The third-order valence-electron chi connectivity index (χ3n) is 3.81. The van der Waals surface area contributed by atoms with E-state index >= 15 is 0 Å². The zero-order valence-electron chi connectivity index (χ0n) is 12.5. The van der Waals surface area contributed by atoms with E-state index in [-0.39, 0.29) is 18.4 Å². The van der Waals surface area contributed by atoms with Gasteiger partial charge < -0.3 is 10.0 Å². The van der Waals surface area contributed by atoms with Crippen LogP contribution in [-0.2, 0) is 0 Å². The molecule has 2 rings (SSSR count). The minimum absolute atomic E-state index is 0.0728. The largest absolute Gasteiger partial charge is 0.395 e. The van der Waals surface area contributed by atoms with Crippen molar-refractivity contribution >= 4 is 5.91 Å². The van der Waals surface area contributed by atoms with Crippen LogP contribution in [0.4, 0.5) is 0 Å². The van der Waals surface area contributed by atoms with Crippen LogP contribution in [0.5, 0.6) is 0 Å². The minimum Gasteiger partial charge on any atom is -0.395 e. The number of aliphatic hydroxyl groups excluding tert-OH is 1. The first-order chi connectivity index (χ1) is 9.54. The molecule has 20 heavy (non-hydrogen) atoms. The lowest BCUT2D eigenvalue weighted by atomic mass is 10.0. The highest BCUT2D eigenvalue weighted by Gasteiger charge is 2.27. The molecule has 6 heteroatoms. The van der Waals surface area contributed by atoms with Crippen molar-refractivity contribution < 1.29 is 9.90 Å². The molecule has 6 nitrogen and oxygen atoms in total. The Hall–Kier alpha value is -1.40. The molecule has 112 valence electrons. The van der Waals surface area contributed by atoms with Crippen LogP contribution in [-0.4, -0.2) is 70.3 Å². The molecule has 0 atom stereocenters. The molecule has 0 unspecified atom stereocenters. The number of aliphatic hydroxyl groups is 1. The highest BCUT2D eigenvalue weighted by molar-refractivity contribution is 5.96. The van der Waals surface area contributed by atoms with Crippen LogP contribution in [0.2, 0.25) is 0 Å². The van der Waals surface area contributed by atoms with E-state index in [1.807, 2.05) is 25.7 Å². The van der Waals surface area contributed by atoms with Crippen LogP contribution in [0.1, 0.15) is 41.5 Å². The third kappa shape index (κ3) is 3.02.